The number of methoxy groups -OCH3 is 1. The van der Waals surface area contributed by atoms with E-state index in [1.807, 2.05) is 42.6 Å². The normalized spacial score (nSPS) is 11.6. The number of carbonyl (C=O) groups is 1. The summed E-state index contributed by atoms with van der Waals surface area (Å²) >= 11 is 0. The summed E-state index contributed by atoms with van der Waals surface area (Å²) in [6.07, 6.45) is 7.55. The van der Waals surface area contributed by atoms with E-state index in [9.17, 15) is 4.79 Å². The second-order valence-corrected chi connectivity index (χ2v) is 7.93. The molecule has 2 aromatic heterocycles. The van der Waals surface area contributed by atoms with E-state index < -0.39 is 0 Å². The lowest BCUT2D eigenvalue weighted by atomic mass is 9.95. The highest BCUT2D eigenvalue weighted by Gasteiger charge is 2.16. The van der Waals surface area contributed by atoms with E-state index in [2.05, 4.69) is 29.0 Å². The van der Waals surface area contributed by atoms with Gasteiger partial charge in [-0.2, -0.15) is 0 Å². The standard InChI is InChI=1S/C27H26N4O2/c1-19(13-23-17-29-18-26(30-23)21-8-5-11-25(15-21)33-3)20-7-4-10-24(14-20)31(2)27(32)22-9-6-12-28-16-22/h4-12,14-19H,13H2,1-3H3/t19-/m1/s1. The van der Waals surface area contributed by atoms with E-state index in [0.29, 0.717) is 5.56 Å². The van der Waals surface area contributed by atoms with Gasteiger partial charge >= 0.3 is 0 Å². The van der Waals surface area contributed by atoms with Crippen LogP contribution in [0.1, 0.15) is 34.5 Å². The van der Waals surface area contributed by atoms with Gasteiger partial charge in [0.2, 0.25) is 0 Å². The van der Waals surface area contributed by atoms with Crippen LogP contribution in [-0.2, 0) is 6.42 Å². The zero-order valence-electron chi connectivity index (χ0n) is 19.0. The van der Waals surface area contributed by atoms with Crippen LogP contribution in [0, 0.1) is 0 Å². The number of ether oxygens (including phenoxy) is 1. The molecular formula is C27H26N4O2. The monoisotopic (exact) mass is 438 g/mol. The number of pyridine rings is 1. The van der Waals surface area contributed by atoms with E-state index in [0.717, 1.165) is 40.4 Å². The predicted octanol–water partition coefficient (Wildman–Crippen LogP) is 5.17. The molecule has 4 rings (SSSR count). The fourth-order valence-corrected chi connectivity index (χ4v) is 3.70. The highest BCUT2D eigenvalue weighted by atomic mass is 16.5. The van der Waals surface area contributed by atoms with Gasteiger partial charge in [0, 0.05) is 36.9 Å². The molecule has 0 aliphatic carbocycles. The zero-order valence-corrected chi connectivity index (χ0v) is 19.0. The third-order valence-electron chi connectivity index (χ3n) is 5.60. The average molecular weight is 439 g/mol. The Morgan fingerprint density at radius 1 is 1.00 bits per heavy atom. The van der Waals surface area contributed by atoms with Crippen molar-refractivity contribution in [3.8, 4) is 17.0 Å². The van der Waals surface area contributed by atoms with Gasteiger partial charge in [0.25, 0.3) is 5.91 Å². The Hall–Kier alpha value is -4.06. The molecule has 2 aromatic carbocycles. The summed E-state index contributed by atoms with van der Waals surface area (Å²) in [7, 11) is 3.43. The van der Waals surface area contributed by atoms with Crippen molar-refractivity contribution in [2.24, 2.45) is 0 Å². The van der Waals surface area contributed by atoms with Crippen LogP contribution in [-0.4, -0.2) is 35.0 Å². The fraction of sp³-hybridized carbons (Fsp3) is 0.185. The average Bonchev–Trinajstić information content (AvgIpc) is 2.88. The molecule has 1 amide bonds. The van der Waals surface area contributed by atoms with Gasteiger partial charge in [-0.25, -0.2) is 4.98 Å². The number of carbonyl (C=O) groups excluding carboxylic acids is 1. The van der Waals surface area contributed by atoms with Gasteiger partial charge < -0.3 is 9.64 Å². The van der Waals surface area contributed by atoms with Crippen LogP contribution in [0.25, 0.3) is 11.3 Å². The predicted molar refractivity (Wildman–Crippen MR) is 130 cm³/mol. The van der Waals surface area contributed by atoms with Gasteiger partial charge in [-0.05, 0) is 54.3 Å². The molecule has 6 nitrogen and oxygen atoms in total. The second kappa shape index (κ2) is 10.0. The first-order chi connectivity index (χ1) is 16.0. The molecule has 6 heteroatoms. The first-order valence-electron chi connectivity index (χ1n) is 10.8. The fourth-order valence-electron chi connectivity index (χ4n) is 3.70. The molecule has 0 saturated heterocycles. The van der Waals surface area contributed by atoms with Crippen molar-refractivity contribution in [2.45, 2.75) is 19.3 Å². The zero-order chi connectivity index (χ0) is 23.2. The maximum atomic E-state index is 12.8. The molecule has 0 fully saturated rings. The van der Waals surface area contributed by atoms with E-state index in [4.69, 9.17) is 9.72 Å². The third-order valence-corrected chi connectivity index (χ3v) is 5.60. The number of benzene rings is 2. The molecule has 0 aliphatic heterocycles. The minimum Gasteiger partial charge on any atom is -0.497 e. The van der Waals surface area contributed by atoms with E-state index >= 15 is 0 Å². The SMILES string of the molecule is COc1cccc(-c2cncc(C[C@@H](C)c3cccc(N(C)C(=O)c4cccnc4)c3)n2)c1. The molecule has 2 heterocycles. The number of aromatic nitrogens is 3. The molecule has 0 aliphatic rings. The maximum absolute atomic E-state index is 12.8. The molecule has 0 saturated carbocycles. The highest BCUT2D eigenvalue weighted by Crippen LogP contribution is 2.26. The summed E-state index contributed by atoms with van der Waals surface area (Å²) in [5.74, 6) is 0.890. The number of anilines is 1. The molecule has 0 spiro atoms. The number of hydrogen-bond donors (Lipinski definition) is 0. The summed E-state index contributed by atoms with van der Waals surface area (Å²) in [6.45, 7) is 2.15. The summed E-state index contributed by atoms with van der Waals surface area (Å²) in [5.41, 5.74) is 5.22. The van der Waals surface area contributed by atoms with Gasteiger partial charge in [0.05, 0.1) is 30.3 Å². The molecule has 33 heavy (non-hydrogen) atoms. The van der Waals surface area contributed by atoms with Gasteiger partial charge in [-0.15, -0.1) is 0 Å². The van der Waals surface area contributed by atoms with E-state index in [1.165, 1.54) is 0 Å². The lowest BCUT2D eigenvalue weighted by Crippen LogP contribution is -2.26. The summed E-state index contributed by atoms with van der Waals surface area (Å²) in [6, 6.07) is 19.4. The van der Waals surface area contributed by atoms with Crippen molar-refractivity contribution in [1.29, 1.82) is 0 Å². The Morgan fingerprint density at radius 2 is 1.85 bits per heavy atom. The van der Waals surface area contributed by atoms with E-state index in [-0.39, 0.29) is 11.8 Å². The van der Waals surface area contributed by atoms with Gasteiger partial charge in [0.15, 0.2) is 0 Å². The van der Waals surface area contributed by atoms with Crippen molar-refractivity contribution in [3.05, 3.63) is 102 Å². The molecule has 0 radical (unpaired) electrons. The van der Waals surface area contributed by atoms with Crippen LogP contribution in [0.4, 0.5) is 5.69 Å². The van der Waals surface area contributed by atoms with Gasteiger partial charge in [-0.3, -0.25) is 14.8 Å². The Kier molecular flexibility index (Phi) is 6.74. The minimum absolute atomic E-state index is 0.0928. The van der Waals surface area contributed by atoms with Crippen LogP contribution in [0.2, 0.25) is 0 Å². The van der Waals surface area contributed by atoms with Gasteiger partial charge in [-0.1, -0.05) is 31.2 Å². The minimum atomic E-state index is -0.0928. The van der Waals surface area contributed by atoms with Crippen molar-refractivity contribution < 1.29 is 9.53 Å². The Bertz CT molecular complexity index is 1240. The number of nitrogens with zero attached hydrogens (tertiary/aromatic N) is 4. The van der Waals surface area contributed by atoms with Crippen LogP contribution in [0.15, 0.2) is 85.5 Å². The molecule has 0 unspecified atom stereocenters. The van der Waals surface area contributed by atoms with Crippen molar-refractivity contribution >= 4 is 11.6 Å². The highest BCUT2D eigenvalue weighted by molar-refractivity contribution is 6.05. The van der Waals surface area contributed by atoms with Crippen molar-refractivity contribution in [2.75, 3.05) is 19.1 Å². The second-order valence-electron chi connectivity index (χ2n) is 7.93. The quantitative estimate of drug-likeness (QED) is 0.398. The number of hydrogen-bond acceptors (Lipinski definition) is 5. The molecule has 0 N–H and O–H groups in total. The first-order valence-corrected chi connectivity index (χ1v) is 10.8. The largest absolute Gasteiger partial charge is 0.497 e. The van der Waals surface area contributed by atoms with Crippen LogP contribution < -0.4 is 9.64 Å². The first kappa shape index (κ1) is 22.1. The molecule has 0 bridgehead atoms. The summed E-state index contributed by atoms with van der Waals surface area (Å²) < 4.78 is 5.32. The van der Waals surface area contributed by atoms with Crippen LogP contribution >= 0.6 is 0 Å². The lowest BCUT2D eigenvalue weighted by molar-refractivity contribution is 0.0992. The van der Waals surface area contributed by atoms with Crippen molar-refractivity contribution in [1.82, 2.24) is 15.0 Å². The van der Waals surface area contributed by atoms with Crippen LogP contribution in [0.3, 0.4) is 0 Å². The molecule has 166 valence electrons. The lowest BCUT2D eigenvalue weighted by Gasteiger charge is -2.20. The molecule has 4 aromatic rings. The van der Waals surface area contributed by atoms with E-state index in [1.54, 1.807) is 49.8 Å². The summed E-state index contributed by atoms with van der Waals surface area (Å²) in [4.78, 5) is 27.7. The number of rotatable bonds is 7. The number of amides is 1. The third kappa shape index (κ3) is 5.23. The molecule has 1 atom stereocenters. The topological polar surface area (TPSA) is 68.2 Å². The Morgan fingerprint density at radius 3 is 2.64 bits per heavy atom. The van der Waals surface area contributed by atoms with Gasteiger partial charge in [0.1, 0.15) is 5.75 Å². The summed E-state index contributed by atoms with van der Waals surface area (Å²) in [5, 5.41) is 0. The smallest absolute Gasteiger partial charge is 0.259 e. The van der Waals surface area contributed by atoms with Crippen LogP contribution in [0.5, 0.6) is 5.75 Å². The maximum Gasteiger partial charge on any atom is 0.259 e. The Labute approximate surface area is 193 Å². The Balaban J connectivity index is 1.51. The van der Waals surface area contributed by atoms with Crippen molar-refractivity contribution in [3.63, 3.8) is 0 Å². The molecular weight excluding hydrogens is 412 g/mol.